The summed E-state index contributed by atoms with van der Waals surface area (Å²) in [6.45, 7) is 4.92. The zero-order valence-electron chi connectivity index (χ0n) is 9.29. The summed E-state index contributed by atoms with van der Waals surface area (Å²) in [6, 6.07) is 9.29. The maximum absolute atomic E-state index is 12.1. The van der Waals surface area contributed by atoms with Gasteiger partial charge in [-0.3, -0.25) is 4.79 Å². The van der Waals surface area contributed by atoms with Crippen LogP contribution in [0.15, 0.2) is 30.3 Å². The van der Waals surface area contributed by atoms with Crippen molar-refractivity contribution in [3.05, 3.63) is 35.9 Å². The Hall–Kier alpha value is -1.19. The van der Waals surface area contributed by atoms with E-state index >= 15 is 0 Å². The smallest absolute Gasteiger partial charge is 0.182 e. The number of hydrogen-bond acceptors (Lipinski definition) is 3. The second kappa shape index (κ2) is 5.05. The van der Waals surface area contributed by atoms with Crippen LogP contribution in [-0.2, 0) is 0 Å². The van der Waals surface area contributed by atoms with Crippen LogP contribution in [0.5, 0.6) is 0 Å². The second-order valence-electron chi connectivity index (χ2n) is 4.04. The molecular weight excluding hydrogens is 188 g/mol. The van der Waals surface area contributed by atoms with Crippen LogP contribution in [0.4, 0.5) is 0 Å². The van der Waals surface area contributed by atoms with Crippen LogP contribution in [0.2, 0.25) is 0 Å². The number of rotatable bonds is 5. The molecule has 0 amide bonds. The minimum absolute atomic E-state index is 0.0940. The number of nitrogens with two attached hydrogens (primary N) is 1. The van der Waals surface area contributed by atoms with Crippen LogP contribution in [-0.4, -0.2) is 24.4 Å². The quantitative estimate of drug-likeness (QED) is 0.712. The molecule has 3 N–H and O–H groups in total. The normalized spacial score (nSPS) is 11.4. The van der Waals surface area contributed by atoms with Crippen molar-refractivity contribution in [2.24, 2.45) is 5.73 Å². The molecule has 0 aliphatic carbocycles. The molecule has 0 fully saturated rings. The summed E-state index contributed by atoms with van der Waals surface area (Å²) >= 11 is 0. The summed E-state index contributed by atoms with van der Waals surface area (Å²) in [5.41, 5.74) is 5.57. The average molecular weight is 206 g/mol. The lowest BCUT2D eigenvalue weighted by Gasteiger charge is -2.24. The molecule has 0 radical (unpaired) electrons. The fourth-order valence-corrected chi connectivity index (χ4v) is 1.42. The average Bonchev–Trinajstić information content (AvgIpc) is 2.26. The summed E-state index contributed by atoms with van der Waals surface area (Å²) in [6.07, 6.45) is 0. The molecule has 0 aromatic heterocycles. The van der Waals surface area contributed by atoms with Crippen molar-refractivity contribution in [3.63, 3.8) is 0 Å². The van der Waals surface area contributed by atoms with Crippen LogP contribution in [0.1, 0.15) is 24.2 Å². The van der Waals surface area contributed by atoms with Gasteiger partial charge in [-0.05, 0) is 13.8 Å². The van der Waals surface area contributed by atoms with Gasteiger partial charge >= 0.3 is 0 Å². The first-order valence-electron chi connectivity index (χ1n) is 5.13. The Morgan fingerprint density at radius 3 is 2.47 bits per heavy atom. The van der Waals surface area contributed by atoms with Crippen molar-refractivity contribution < 1.29 is 4.79 Å². The van der Waals surface area contributed by atoms with E-state index in [0.29, 0.717) is 13.1 Å². The van der Waals surface area contributed by atoms with E-state index in [-0.39, 0.29) is 5.78 Å². The van der Waals surface area contributed by atoms with Crippen molar-refractivity contribution in [3.8, 4) is 0 Å². The van der Waals surface area contributed by atoms with Crippen LogP contribution >= 0.6 is 0 Å². The van der Waals surface area contributed by atoms with Crippen LogP contribution in [0, 0.1) is 0 Å². The Kier molecular flexibility index (Phi) is 4.00. The highest BCUT2D eigenvalue weighted by atomic mass is 16.1. The van der Waals surface area contributed by atoms with Crippen molar-refractivity contribution in [1.29, 1.82) is 0 Å². The van der Waals surface area contributed by atoms with Gasteiger partial charge in [0.1, 0.15) is 0 Å². The maximum Gasteiger partial charge on any atom is 0.182 e. The van der Waals surface area contributed by atoms with Gasteiger partial charge < -0.3 is 11.1 Å². The largest absolute Gasteiger partial charge is 0.329 e. The van der Waals surface area contributed by atoms with Crippen molar-refractivity contribution in [2.75, 3.05) is 13.1 Å². The summed E-state index contributed by atoms with van der Waals surface area (Å²) < 4.78 is 0. The third-order valence-corrected chi connectivity index (χ3v) is 2.31. The highest BCUT2D eigenvalue weighted by Gasteiger charge is 2.27. The minimum Gasteiger partial charge on any atom is -0.329 e. The van der Waals surface area contributed by atoms with E-state index in [4.69, 9.17) is 5.73 Å². The zero-order valence-corrected chi connectivity index (χ0v) is 9.29. The molecule has 0 saturated carbocycles. The highest BCUT2D eigenvalue weighted by Crippen LogP contribution is 2.12. The molecule has 0 heterocycles. The molecule has 0 unspecified atom stereocenters. The fourth-order valence-electron chi connectivity index (χ4n) is 1.42. The molecule has 0 aliphatic heterocycles. The lowest BCUT2D eigenvalue weighted by Crippen LogP contribution is -2.48. The van der Waals surface area contributed by atoms with Gasteiger partial charge in [-0.2, -0.15) is 0 Å². The van der Waals surface area contributed by atoms with Gasteiger partial charge in [-0.1, -0.05) is 30.3 Å². The summed E-state index contributed by atoms with van der Waals surface area (Å²) in [5.74, 6) is 0.0940. The number of Topliss-reactive ketones (excluding diaryl/α,β-unsaturated/α-hetero) is 1. The first kappa shape index (κ1) is 11.9. The summed E-state index contributed by atoms with van der Waals surface area (Å²) in [5, 5.41) is 3.13. The molecule has 3 nitrogen and oxygen atoms in total. The van der Waals surface area contributed by atoms with Gasteiger partial charge in [0, 0.05) is 18.7 Å². The predicted molar refractivity (Wildman–Crippen MR) is 61.9 cm³/mol. The van der Waals surface area contributed by atoms with Crippen LogP contribution in [0.3, 0.4) is 0 Å². The minimum atomic E-state index is -0.555. The Labute approximate surface area is 90.7 Å². The Balaban J connectivity index is 2.75. The van der Waals surface area contributed by atoms with E-state index in [1.165, 1.54) is 0 Å². The number of hydrogen-bond donors (Lipinski definition) is 2. The number of carbonyl (C=O) groups is 1. The third kappa shape index (κ3) is 3.15. The van der Waals surface area contributed by atoms with Crippen LogP contribution < -0.4 is 11.1 Å². The second-order valence-corrected chi connectivity index (χ2v) is 4.04. The molecule has 1 aromatic carbocycles. The molecule has 1 aromatic rings. The third-order valence-electron chi connectivity index (χ3n) is 2.31. The van der Waals surface area contributed by atoms with E-state index in [1.807, 2.05) is 44.2 Å². The first-order valence-corrected chi connectivity index (χ1v) is 5.13. The number of benzene rings is 1. The summed E-state index contributed by atoms with van der Waals surface area (Å²) in [7, 11) is 0. The van der Waals surface area contributed by atoms with E-state index < -0.39 is 5.54 Å². The van der Waals surface area contributed by atoms with Gasteiger partial charge in [0.25, 0.3) is 0 Å². The number of nitrogens with one attached hydrogen (secondary N) is 1. The highest BCUT2D eigenvalue weighted by molar-refractivity contribution is 6.02. The lowest BCUT2D eigenvalue weighted by molar-refractivity contribution is 0.0883. The molecule has 0 bridgehead atoms. The summed E-state index contributed by atoms with van der Waals surface area (Å²) in [4.78, 5) is 12.1. The maximum atomic E-state index is 12.1. The monoisotopic (exact) mass is 206 g/mol. The molecule has 0 aliphatic rings. The standard InChI is InChI=1S/C12H18N2O/c1-12(2,14-9-8-13)11(15)10-6-4-3-5-7-10/h3-7,14H,8-9,13H2,1-2H3. The van der Waals surface area contributed by atoms with E-state index in [2.05, 4.69) is 5.32 Å². The SMILES string of the molecule is CC(C)(NCCN)C(=O)c1ccccc1. The molecule has 15 heavy (non-hydrogen) atoms. The van der Waals surface area contributed by atoms with Gasteiger partial charge in [-0.25, -0.2) is 0 Å². The van der Waals surface area contributed by atoms with E-state index in [0.717, 1.165) is 5.56 Å². The molecule has 0 spiro atoms. The topological polar surface area (TPSA) is 55.1 Å². The number of carbonyl (C=O) groups excluding carboxylic acids is 1. The fraction of sp³-hybridized carbons (Fsp3) is 0.417. The van der Waals surface area contributed by atoms with E-state index in [9.17, 15) is 4.79 Å². The van der Waals surface area contributed by atoms with Crippen molar-refractivity contribution in [1.82, 2.24) is 5.32 Å². The number of ketones is 1. The first-order chi connectivity index (χ1) is 7.08. The lowest BCUT2D eigenvalue weighted by atomic mass is 9.93. The van der Waals surface area contributed by atoms with Gasteiger partial charge in [-0.15, -0.1) is 0 Å². The van der Waals surface area contributed by atoms with Crippen molar-refractivity contribution >= 4 is 5.78 Å². The van der Waals surface area contributed by atoms with Gasteiger partial charge in [0.2, 0.25) is 0 Å². The van der Waals surface area contributed by atoms with E-state index in [1.54, 1.807) is 0 Å². The molecule has 82 valence electrons. The molecular formula is C12H18N2O. The van der Waals surface area contributed by atoms with Gasteiger partial charge in [0.15, 0.2) is 5.78 Å². The van der Waals surface area contributed by atoms with Gasteiger partial charge in [0.05, 0.1) is 5.54 Å². The predicted octanol–water partition coefficient (Wildman–Crippen LogP) is 1.20. The Bertz CT molecular complexity index is 320. The molecule has 1 rings (SSSR count). The van der Waals surface area contributed by atoms with Crippen LogP contribution in [0.25, 0.3) is 0 Å². The zero-order chi connectivity index (χ0) is 11.3. The Morgan fingerprint density at radius 2 is 1.93 bits per heavy atom. The Morgan fingerprint density at radius 1 is 1.33 bits per heavy atom. The van der Waals surface area contributed by atoms with Crippen molar-refractivity contribution in [2.45, 2.75) is 19.4 Å². The molecule has 3 heteroatoms. The molecule has 0 atom stereocenters. The molecule has 0 saturated heterocycles.